The molecule has 1 heterocycles. The van der Waals surface area contributed by atoms with E-state index >= 15 is 0 Å². The first-order valence-electron chi connectivity index (χ1n) is 5.10. The van der Waals surface area contributed by atoms with Gasteiger partial charge in [-0.05, 0) is 12.3 Å². The molecule has 0 aliphatic rings. The quantitative estimate of drug-likeness (QED) is 0.697. The van der Waals surface area contributed by atoms with Gasteiger partial charge in [0.15, 0.2) is 0 Å². The van der Waals surface area contributed by atoms with E-state index in [1.807, 2.05) is 6.33 Å². The SMILES string of the molecule is CCCCc1nncn1CC(C)C. The summed E-state index contributed by atoms with van der Waals surface area (Å²) in [5.41, 5.74) is 0. The Kier molecular flexibility index (Phi) is 3.93. The summed E-state index contributed by atoms with van der Waals surface area (Å²) in [7, 11) is 0. The minimum Gasteiger partial charge on any atom is -0.317 e. The largest absolute Gasteiger partial charge is 0.317 e. The molecule has 1 aromatic heterocycles. The van der Waals surface area contributed by atoms with E-state index in [4.69, 9.17) is 0 Å². The van der Waals surface area contributed by atoms with Gasteiger partial charge >= 0.3 is 0 Å². The van der Waals surface area contributed by atoms with Crippen molar-refractivity contribution in [1.82, 2.24) is 14.8 Å². The van der Waals surface area contributed by atoms with Crippen LogP contribution in [-0.4, -0.2) is 14.8 Å². The molecule has 0 unspecified atom stereocenters. The molecule has 3 heteroatoms. The molecular weight excluding hydrogens is 162 g/mol. The van der Waals surface area contributed by atoms with Gasteiger partial charge < -0.3 is 4.57 Å². The van der Waals surface area contributed by atoms with Crippen LogP contribution in [-0.2, 0) is 13.0 Å². The molecule has 0 fully saturated rings. The second-order valence-corrected chi connectivity index (χ2v) is 3.90. The molecule has 0 spiro atoms. The third-order valence-electron chi connectivity index (χ3n) is 2.01. The highest BCUT2D eigenvalue weighted by Crippen LogP contribution is 2.05. The number of nitrogens with zero attached hydrogens (tertiary/aromatic N) is 3. The van der Waals surface area contributed by atoms with Crippen molar-refractivity contribution >= 4 is 0 Å². The van der Waals surface area contributed by atoms with Crippen LogP contribution in [0, 0.1) is 5.92 Å². The van der Waals surface area contributed by atoms with Gasteiger partial charge in [-0.15, -0.1) is 10.2 Å². The fraction of sp³-hybridized carbons (Fsp3) is 0.800. The highest BCUT2D eigenvalue weighted by molar-refractivity contribution is 4.85. The second kappa shape index (κ2) is 5.00. The van der Waals surface area contributed by atoms with Crippen molar-refractivity contribution in [3.05, 3.63) is 12.2 Å². The van der Waals surface area contributed by atoms with E-state index < -0.39 is 0 Å². The third-order valence-corrected chi connectivity index (χ3v) is 2.01. The number of rotatable bonds is 5. The monoisotopic (exact) mass is 181 g/mol. The summed E-state index contributed by atoms with van der Waals surface area (Å²) >= 11 is 0. The van der Waals surface area contributed by atoms with Crippen LogP contribution in [0.1, 0.15) is 39.4 Å². The maximum atomic E-state index is 4.12. The predicted octanol–water partition coefficient (Wildman–Crippen LogP) is 2.28. The van der Waals surface area contributed by atoms with Gasteiger partial charge in [-0.25, -0.2) is 0 Å². The molecule has 0 saturated carbocycles. The van der Waals surface area contributed by atoms with Crippen LogP contribution in [0.15, 0.2) is 6.33 Å². The summed E-state index contributed by atoms with van der Waals surface area (Å²) in [6, 6.07) is 0. The Morgan fingerprint density at radius 2 is 2.23 bits per heavy atom. The van der Waals surface area contributed by atoms with Gasteiger partial charge in [-0.1, -0.05) is 27.2 Å². The van der Waals surface area contributed by atoms with E-state index in [9.17, 15) is 0 Å². The van der Waals surface area contributed by atoms with Crippen LogP contribution in [0.2, 0.25) is 0 Å². The molecule has 0 radical (unpaired) electrons. The summed E-state index contributed by atoms with van der Waals surface area (Å²) in [5, 5.41) is 8.06. The molecule has 0 N–H and O–H groups in total. The Morgan fingerprint density at radius 3 is 2.85 bits per heavy atom. The van der Waals surface area contributed by atoms with E-state index in [1.54, 1.807) is 0 Å². The minimum atomic E-state index is 0.663. The fourth-order valence-electron chi connectivity index (χ4n) is 1.35. The van der Waals surface area contributed by atoms with E-state index in [0.717, 1.165) is 18.8 Å². The lowest BCUT2D eigenvalue weighted by Gasteiger charge is -2.08. The normalized spacial score (nSPS) is 11.1. The first-order chi connectivity index (χ1) is 6.24. The lowest BCUT2D eigenvalue weighted by molar-refractivity contribution is 0.503. The first-order valence-corrected chi connectivity index (χ1v) is 5.10. The average molecular weight is 181 g/mol. The first kappa shape index (κ1) is 10.2. The van der Waals surface area contributed by atoms with E-state index in [-0.39, 0.29) is 0 Å². The average Bonchev–Trinajstić information content (AvgIpc) is 2.48. The van der Waals surface area contributed by atoms with Crippen molar-refractivity contribution in [2.24, 2.45) is 5.92 Å². The van der Waals surface area contributed by atoms with E-state index in [2.05, 4.69) is 35.5 Å². The van der Waals surface area contributed by atoms with Crippen LogP contribution in [0.5, 0.6) is 0 Å². The van der Waals surface area contributed by atoms with Gasteiger partial charge in [0.2, 0.25) is 0 Å². The summed E-state index contributed by atoms with van der Waals surface area (Å²) in [4.78, 5) is 0. The summed E-state index contributed by atoms with van der Waals surface area (Å²) in [6.45, 7) is 7.66. The molecule has 0 bridgehead atoms. The number of aryl methyl sites for hydroxylation is 1. The molecular formula is C10H19N3. The van der Waals surface area contributed by atoms with Gasteiger partial charge in [-0.2, -0.15) is 0 Å². The van der Waals surface area contributed by atoms with Crippen molar-refractivity contribution in [3.63, 3.8) is 0 Å². The molecule has 74 valence electrons. The number of hydrogen-bond acceptors (Lipinski definition) is 2. The standard InChI is InChI=1S/C10H19N3/c1-4-5-6-10-12-11-8-13(10)7-9(2)3/h8-9H,4-7H2,1-3H3. The maximum absolute atomic E-state index is 4.12. The smallest absolute Gasteiger partial charge is 0.132 e. The van der Waals surface area contributed by atoms with Crippen molar-refractivity contribution in [2.45, 2.75) is 46.6 Å². The molecule has 13 heavy (non-hydrogen) atoms. The van der Waals surface area contributed by atoms with Gasteiger partial charge in [0.25, 0.3) is 0 Å². The molecule has 0 atom stereocenters. The summed E-state index contributed by atoms with van der Waals surface area (Å²) in [5.74, 6) is 1.80. The van der Waals surface area contributed by atoms with Crippen LogP contribution in [0.4, 0.5) is 0 Å². The highest BCUT2D eigenvalue weighted by atomic mass is 15.3. The van der Waals surface area contributed by atoms with Gasteiger partial charge in [-0.3, -0.25) is 0 Å². The van der Waals surface area contributed by atoms with Gasteiger partial charge in [0.05, 0.1) is 0 Å². The van der Waals surface area contributed by atoms with E-state index in [0.29, 0.717) is 5.92 Å². The number of hydrogen-bond donors (Lipinski definition) is 0. The Labute approximate surface area is 80.2 Å². The number of unbranched alkanes of at least 4 members (excludes halogenated alkanes) is 1. The van der Waals surface area contributed by atoms with Gasteiger partial charge in [0, 0.05) is 13.0 Å². The Hall–Kier alpha value is -0.860. The Balaban J connectivity index is 2.55. The lowest BCUT2D eigenvalue weighted by atomic mass is 10.2. The Morgan fingerprint density at radius 1 is 1.46 bits per heavy atom. The molecule has 0 amide bonds. The number of aromatic nitrogens is 3. The molecule has 0 aliphatic heterocycles. The van der Waals surface area contributed by atoms with Gasteiger partial charge in [0.1, 0.15) is 12.2 Å². The molecule has 0 aromatic carbocycles. The van der Waals surface area contributed by atoms with Crippen LogP contribution in [0.3, 0.4) is 0 Å². The molecule has 0 aliphatic carbocycles. The maximum Gasteiger partial charge on any atom is 0.132 e. The van der Waals surface area contributed by atoms with Crippen LogP contribution in [0.25, 0.3) is 0 Å². The molecule has 0 saturated heterocycles. The molecule has 1 rings (SSSR count). The predicted molar refractivity (Wildman–Crippen MR) is 53.5 cm³/mol. The zero-order valence-electron chi connectivity index (χ0n) is 8.82. The minimum absolute atomic E-state index is 0.663. The zero-order chi connectivity index (χ0) is 9.68. The lowest BCUT2D eigenvalue weighted by Crippen LogP contribution is -2.07. The summed E-state index contributed by atoms with van der Waals surface area (Å²) in [6.07, 6.45) is 5.32. The third kappa shape index (κ3) is 3.17. The van der Waals surface area contributed by atoms with Crippen molar-refractivity contribution < 1.29 is 0 Å². The Bertz CT molecular complexity index is 240. The molecule has 1 aromatic rings. The van der Waals surface area contributed by atoms with Crippen molar-refractivity contribution in [3.8, 4) is 0 Å². The van der Waals surface area contributed by atoms with Crippen LogP contribution < -0.4 is 0 Å². The van der Waals surface area contributed by atoms with Crippen LogP contribution >= 0.6 is 0 Å². The fourth-order valence-corrected chi connectivity index (χ4v) is 1.35. The topological polar surface area (TPSA) is 30.7 Å². The molecule has 3 nitrogen and oxygen atoms in total. The second-order valence-electron chi connectivity index (χ2n) is 3.90. The van der Waals surface area contributed by atoms with Crippen molar-refractivity contribution in [1.29, 1.82) is 0 Å². The zero-order valence-corrected chi connectivity index (χ0v) is 8.82. The van der Waals surface area contributed by atoms with Crippen molar-refractivity contribution in [2.75, 3.05) is 0 Å². The summed E-state index contributed by atoms with van der Waals surface area (Å²) < 4.78 is 2.17. The van der Waals surface area contributed by atoms with E-state index in [1.165, 1.54) is 12.8 Å². The highest BCUT2D eigenvalue weighted by Gasteiger charge is 2.04.